The molecule has 2 heterocycles. The van der Waals surface area contributed by atoms with E-state index in [2.05, 4.69) is 18.8 Å². The quantitative estimate of drug-likeness (QED) is 0.907. The molecule has 1 atom stereocenters. The van der Waals surface area contributed by atoms with E-state index in [-0.39, 0.29) is 17.4 Å². The van der Waals surface area contributed by atoms with Crippen molar-refractivity contribution in [2.24, 2.45) is 5.41 Å². The van der Waals surface area contributed by atoms with Gasteiger partial charge in [-0.05, 0) is 43.2 Å². The molecule has 1 saturated carbocycles. The van der Waals surface area contributed by atoms with E-state index in [9.17, 15) is 9.90 Å². The van der Waals surface area contributed by atoms with E-state index in [1.54, 1.807) is 6.20 Å². The number of hydrogen-bond acceptors (Lipinski definition) is 3. The monoisotopic (exact) mass is 288 g/mol. The lowest BCUT2D eigenvalue weighted by Crippen LogP contribution is -2.43. The number of likely N-dealkylation sites (tertiary alicyclic amines) is 1. The third-order valence-corrected chi connectivity index (χ3v) is 4.74. The molecule has 2 fully saturated rings. The SMILES string of the molecule is CC1(C)CC(O)CCN(C(=O)C2(c3ccccn3)CC2)C1. The fraction of sp³-hybridized carbons (Fsp3) is 0.647. The van der Waals surface area contributed by atoms with Crippen LogP contribution in [0, 0.1) is 5.41 Å². The van der Waals surface area contributed by atoms with E-state index in [4.69, 9.17) is 0 Å². The van der Waals surface area contributed by atoms with E-state index in [1.165, 1.54) is 0 Å². The Hall–Kier alpha value is -1.42. The second-order valence-electron chi connectivity index (χ2n) is 7.33. The van der Waals surface area contributed by atoms with Crippen molar-refractivity contribution in [3.05, 3.63) is 30.1 Å². The summed E-state index contributed by atoms with van der Waals surface area (Å²) in [5.74, 6) is 0.198. The Morgan fingerprint density at radius 1 is 1.38 bits per heavy atom. The highest BCUT2D eigenvalue weighted by Gasteiger charge is 2.54. The second-order valence-corrected chi connectivity index (χ2v) is 7.33. The molecule has 1 N–H and O–H groups in total. The number of aliphatic hydroxyl groups excluding tert-OH is 1. The molecule has 1 aliphatic heterocycles. The summed E-state index contributed by atoms with van der Waals surface area (Å²) < 4.78 is 0. The van der Waals surface area contributed by atoms with Crippen molar-refractivity contribution < 1.29 is 9.90 Å². The van der Waals surface area contributed by atoms with Gasteiger partial charge in [0, 0.05) is 19.3 Å². The smallest absolute Gasteiger partial charge is 0.234 e. The minimum absolute atomic E-state index is 0.0359. The average molecular weight is 288 g/mol. The second kappa shape index (κ2) is 5.09. The molecule has 3 rings (SSSR count). The fourth-order valence-electron chi connectivity index (χ4n) is 3.53. The average Bonchev–Trinajstić information content (AvgIpc) is 3.25. The van der Waals surface area contributed by atoms with Gasteiger partial charge >= 0.3 is 0 Å². The highest BCUT2D eigenvalue weighted by molar-refractivity contribution is 5.90. The van der Waals surface area contributed by atoms with Crippen LogP contribution in [0.3, 0.4) is 0 Å². The molecule has 0 bridgehead atoms. The zero-order valence-corrected chi connectivity index (χ0v) is 12.9. The number of aliphatic hydroxyl groups is 1. The molecule has 4 heteroatoms. The Morgan fingerprint density at radius 3 is 2.76 bits per heavy atom. The van der Waals surface area contributed by atoms with Gasteiger partial charge in [0.25, 0.3) is 0 Å². The zero-order chi connectivity index (χ0) is 15.1. The first kappa shape index (κ1) is 14.5. The minimum Gasteiger partial charge on any atom is -0.393 e. The number of hydrogen-bond donors (Lipinski definition) is 1. The molecule has 1 saturated heterocycles. The van der Waals surface area contributed by atoms with Crippen molar-refractivity contribution in [3.8, 4) is 0 Å². The molecule has 1 unspecified atom stereocenters. The minimum atomic E-state index is -0.396. The third kappa shape index (κ3) is 2.82. The van der Waals surface area contributed by atoms with E-state index in [1.807, 2.05) is 23.1 Å². The molecule has 21 heavy (non-hydrogen) atoms. The summed E-state index contributed by atoms with van der Waals surface area (Å²) in [6.45, 7) is 5.62. The van der Waals surface area contributed by atoms with E-state index in [0.29, 0.717) is 13.0 Å². The number of carbonyl (C=O) groups is 1. The van der Waals surface area contributed by atoms with Gasteiger partial charge in [0.15, 0.2) is 0 Å². The maximum atomic E-state index is 13.0. The van der Waals surface area contributed by atoms with Gasteiger partial charge in [-0.25, -0.2) is 0 Å². The summed E-state index contributed by atoms with van der Waals surface area (Å²) in [5.41, 5.74) is 0.468. The summed E-state index contributed by atoms with van der Waals surface area (Å²) in [6.07, 6.45) is 4.67. The van der Waals surface area contributed by atoms with Crippen LogP contribution in [0.2, 0.25) is 0 Å². The first-order chi connectivity index (χ1) is 9.93. The predicted molar refractivity (Wildman–Crippen MR) is 80.8 cm³/mol. The van der Waals surface area contributed by atoms with Crippen molar-refractivity contribution in [1.29, 1.82) is 0 Å². The molecule has 0 aromatic carbocycles. The van der Waals surface area contributed by atoms with Crippen LogP contribution in [-0.2, 0) is 10.2 Å². The molecule has 1 aromatic heterocycles. The zero-order valence-electron chi connectivity index (χ0n) is 12.9. The summed E-state index contributed by atoms with van der Waals surface area (Å²) in [4.78, 5) is 19.4. The highest BCUT2D eigenvalue weighted by atomic mass is 16.3. The van der Waals surface area contributed by atoms with Crippen LogP contribution >= 0.6 is 0 Å². The molecular formula is C17H24N2O2. The lowest BCUT2D eigenvalue weighted by Gasteiger charge is -2.32. The topological polar surface area (TPSA) is 53.4 Å². The number of carbonyl (C=O) groups excluding carboxylic acids is 1. The fourth-order valence-corrected chi connectivity index (χ4v) is 3.53. The first-order valence-electron chi connectivity index (χ1n) is 7.82. The predicted octanol–water partition coefficient (Wildman–Crippen LogP) is 2.12. The van der Waals surface area contributed by atoms with E-state index < -0.39 is 5.41 Å². The van der Waals surface area contributed by atoms with Gasteiger partial charge in [-0.3, -0.25) is 9.78 Å². The molecule has 4 nitrogen and oxygen atoms in total. The largest absolute Gasteiger partial charge is 0.393 e. The number of aromatic nitrogens is 1. The normalized spacial score (nSPS) is 27.0. The number of pyridine rings is 1. The molecule has 1 amide bonds. The van der Waals surface area contributed by atoms with Gasteiger partial charge in [-0.2, -0.15) is 0 Å². The molecule has 0 radical (unpaired) electrons. The van der Waals surface area contributed by atoms with Crippen LogP contribution < -0.4 is 0 Å². The van der Waals surface area contributed by atoms with Crippen molar-refractivity contribution in [3.63, 3.8) is 0 Å². The van der Waals surface area contributed by atoms with Crippen LogP contribution in [-0.4, -0.2) is 40.1 Å². The lowest BCUT2D eigenvalue weighted by molar-refractivity contribution is -0.135. The van der Waals surface area contributed by atoms with Crippen molar-refractivity contribution in [2.45, 2.75) is 51.0 Å². The Labute approximate surface area is 126 Å². The summed E-state index contributed by atoms with van der Waals surface area (Å²) in [7, 11) is 0. The van der Waals surface area contributed by atoms with E-state index >= 15 is 0 Å². The van der Waals surface area contributed by atoms with Gasteiger partial charge in [0.2, 0.25) is 5.91 Å². The van der Waals surface area contributed by atoms with Crippen molar-refractivity contribution in [2.75, 3.05) is 13.1 Å². The standard InChI is InChI=1S/C17H24N2O2/c1-16(2)11-13(20)6-10-19(12-16)15(21)17(7-8-17)14-5-3-4-9-18-14/h3-5,9,13,20H,6-8,10-12H2,1-2H3. The molecule has 2 aliphatic rings. The Kier molecular flexibility index (Phi) is 3.52. The molecular weight excluding hydrogens is 264 g/mol. The molecule has 114 valence electrons. The number of amides is 1. The van der Waals surface area contributed by atoms with Gasteiger partial charge in [-0.1, -0.05) is 19.9 Å². The highest BCUT2D eigenvalue weighted by Crippen LogP contribution is 2.49. The van der Waals surface area contributed by atoms with Crippen LogP contribution in [0.5, 0.6) is 0 Å². The van der Waals surface area contributed by atoms with Gasteiger partial charge < -0.3 is 10.0 Å². The lowest BCUT2D eigenvalue weighted by atomic mass is 9.86. The summed E-state index contributed by atoms with van der Waals surface area (Å²) >= 11 is 0. The molecule has 1 aromatic rings. The van der Waals surface area contributed by atoms with Crippen LogP contribution in [0.1, 0.15) is 45.2 Å². The van der Waals surface area contributed by atoms with Crippen LogP contribution in [0.25, 0.3) is 0 Å². The Balaban J connectivity index is 1.82. The summed E-state index contributed by atoms with van der Waals surface area (Å²) in [5, 5.41) is 10.0. The number of nitrogens with zero attached hydrogens (tertiary/aromatic N) is 2. The summed E-state index contributed by atoms with van der Waals surface area (Å²) in [6, 6.07) is 5.80. The third-order valence-electron chi connectivity index (χ3n) is 4.74. The van der Waals surface area contributed by atoms with E-state index in [0.717, 1.165) is 31.5 Å². The Morgan fingerprint density at radius 2 is 2.14 bits per heavy atom. The molecule has 1 aliphatic carbocycles. The Bertz CT molecular complexity index is 523. The maximum Gasteiger partial charge on any atom is 0.234 e. The van der Waals surface area contributed by atoms with Crippen LogP contribution in [0.4, 0.5) is 0 Å². The molecule has 0 spiro atoms. The van der Waals surface area contributed by atoms with Gasteiger partial charge in [0.1, 0.15) is 0 Å². The van der Waals surface area contributed by atoms with Gasteiger partial charge in [0.05, 0.1) is 17.2 Å². The number of rotatable bonds is 2. The van der Waals surface area contributed by atoms with Crippen molar-refractivity contribution >= 4 is 5.91 Å². The van der Waals surface area contributed by atoms with Gasteiger partial charge in [-0.15, -0.1) is 0 Å². The van der Waals surface area contributed by atoms with Crippen LogP contribution in [0.15, 0.2) is 24.4 Å². The van der Waals surface area contributed by atoms with Crippen molar-refractivity contribution in [1.82, 2.24) is 9.88 Å². The first-order valence-corrected chi connectivity index (χ1v) is 7.82. The maximum absolute atomic E-state index is 13.0.